The summed E-state index contributed by atoms with van der Waals surface area (Å²) in [4.78, 5) is 16.2. The lowest BCUT2D eigenvalue weighted by molar-refractivity contribution is -0.140. The number of rotatable bonds is 6. The highest BCUT2D eigenvalue weighted by atomic mass is 16.3. The van der Waals surface area contributed by atoms with E-state index in [-0.39, 0.29) is 11.9 Å². The molecule has 19 heavy (non-hydrogen) atoms. The molecule has 2 N–H and O–H groups in total. The predicted octanol–water partition coefficient (Wildman–Crippen LogP) is 0.0420. The van der Waals surface area contributed by atoms with Gasteiger partial charge in [0.05, 0.1) is 18.2 Å². The predicted molar refractivity (Wildman–Crippen MR) is 74.9 cm³/mol. The second-order valence-electron chi connectivity index (χ2n) is 6.63. The molecule has 0 aromatic carbocycles. The minimum Gasteiger partial charge on any atom is -0.387 e. The maximum Gasteiger partial charge on any atom is 0.239 e. The zero-order valence-corrected chi connectivity index (χ0v) is 12.4. The van der Waals surface area contributed by atoms with E-state index < -0.39 is 5.60 Å². The molecule has 1 amide bonds. The van der Waals surface area contributed by atoms with Crippen molar-refractivity contribution in [3.63, 3.8) is 0 Å². The number of β-amino-alcohol motifs (C(OH)–C–C–N with tert-alkyl or cyclic N) is 1. The lowest BCUT2D eigenvalue weighted by Crippen LogP contribution is -2.56. The first-order valence-electron chi connectivity index (χ1n) is 7.29. The zero-order chi connectivity index (χ0) is 14.0. The first-order valence-corrected chi connectivity index (χ1v) is 7.29. The largest absolute Gasteiger partial charge is 0.387 e. The van der Waals surface area contributed by atoms with Crippen molar-refractivity contribution in [3.05, 3.63) is 0 Å². The van der Waals surface area contributed by atoms with Gasteiger partial charge in [-0.3, -0.25) is 4.79 Å². The van der Waals surface area contributed by atoms with Crippen molar-refractivity contribution in [3.8, 4) is 0 Å². The summed E-state index contributed by atoms with van der Waals surface area (Å²) in [5.41, 5.74) is -0.847. The number of piperidine rings is 1. The van der Waals surface area contributed by atoms with Crippen LogP contribution in [0.2, 0.25) is 0 Å². The number of carbonyl (C=O) groups is 1. The molecule has 0 spiro atoms. The highest BCUT2D eigenvalue weighted by Crippen LogP contribution is 2.23. The van der Waals surface area contributed by atoms with E-state index in [1.54, 1.807) is 6.92 Å². The van der Waals surface area contributed by atoms with Gasteiger partial charge in [-0.15, -0.1) is 0 Å². The summed E-state index contributed by atoms with van der Waals surface area (Å²) in [5.74, 6) is 0.164. The van der Waals surface area contributed by atoms with Crippen LogP contribution in [0.1, 0.15) is 32.6 Å². The van der Waals surface area contributed by atoms with Crippen LogP contribution < -0.4 is 5.32 Å². The molecule has 1 saturated carbocycles. The average molecular weight is 269 g/mol. The number of hydrogen-bond acceptors (Lipinski definition) is 4. The highest BCUT2D eigenvalue weighted by Gasteiger charge is 2.36. The van der Waals surface area contributed by atoms with Crippen LogP contribution in [-0.4, -0.2) is 72.2 Å². The molecule has 0 aromatic rings. The summed E-state index contributed by atoms with van der Waals surface area (Å²) >= 11 is 0. The number of hydrogen-bond donors (Lipinski definition) is 2. The molecular weight excluding hydrogens is 242 g/mol. The SMILES string of the molecule is CN(C)CC(C)(O)CN1CCCC(NC2CC2)C1=O. The molecule has 5 heteroatoms. The van der Waals surface area contributed by atoms with Gasteiger partial charge in [-0.2, -0.15) is 0 Å². The van der Waals surface area contributed by atoms with Crippen LogP contribution >= 0.6 is 0 Å². The Morgan fingerprint density at radius 1 is 1.42 bits per heavy atom. The molecule has 1 aliphatic carbocycles. The average Bonchev–Trinajstić information content (AvgIpc) is 3.05. The standard InChI is InChI=1S/C14H27N3O2/c1-14(19,9-16(2)3)10-17-8-4-5-12(13(17)18)15-11-6-7-11/h11-12,15,19H,4-10H2,1-3H3. The second kappa shape index (κ2) is 5.77. The van der Waals surface area contributed by atoms with Crippen LogP contribution in [0.15, 0.2) is 0 Å². The fourth-order valence-corrected chi connectivity index (χ4v) is 2.93. The lowest BCUT2D eigenvalue weighted by atomic mass is 10.0. The van der Waals surface area contributed by atoms with Crippen LogP contribution in [0.3, 0.4) is 0 Å². The minimum atomic E-state index is -0.847. The van der Waals surface area contributed by atoms with E-state index in [0.29, 0.717) is 19.1 Å². The van der Waals surface area contributed by atoms with Crippen molar-refractivity contribution < 1.29 is 9.90 Å². The Kier molecular flexibility index (Phi) is 4.48. The minimum absolute atomic E-state index is 0.0311. The Balaban J connectivity index is 1.89. The summed E-state index contributed by atoms with van der Waals surface area (Å²) in [5, 5.41) is 13.8. The number of amides is 1. The van der Waals surface area contributed by atoms with Gasteiger partial charge < -0.3 is 20.2 Å². The van der Waals surface area contributed by atoms with E-state index >= 15 is 0 Å². The fraction of sp³-hybridized carbons (Fsp3) is 0.929. The van der Waals surface area contributed by atoms with Gasteiger partial charge in [0.25, 0.3) is 0 Å². The molecule has 2 aliphatic rings. The maximum absolute atomic E-state index is 12.4. The van der Waals surface area contributed by atoms with Crippen LogP contribution in [0.4, 0.5) is 0 Å². The van der Waals surface area contributed by atoms with Crippen molar-refractivity contribution in [1.29, 1.82) is 0 Å². The Morgan fingerprint density at radius 3 is 2.68 bits per heavy atom. The molecule has 2 atom stereocenters. The zero-order valence-electron chi connectivity index (χ0n) is 12.4. The Labute approximate surface area is 115 Å². The number of likely N-dealkylation sites (N-methyl/N-ethyl adjacent to an activating group) is 1. The normalized spacial score (nSPS) is 27.7. The van der Waals surface area contributed by atoms with E-state index in [9.17, 15) is 9.90 Å². The summed E-state index contributed by atoms with van der Waals surface area (Å²) < 4.78 is 0. The Hall–Kier alpha value is -0.650. The third-order valence-electron chi connectivity index (χ3n) is 3.73. The highest BCUT2D eigenvalue weighted by molar-refractivity contribution is 5.82. The Bertz CT molecular complexity index is 327. The van der Waals surface area contributed by atoms with Gasteiger partial charge in [-0.05, 0) is 46.7 Å². The van der Waals surface area contributed by atoms with E-state index in [0.717, 1.165) is 19.4 Å². The molecule has 110 valence electrons. The van der Waals surface area contributed by atoms with Crippen molar-refractivity contribution >= 4 is 5.91 Å². The molecule has 1 heterocycles. The summed E-state index contributed by atoms with van der Waals surface area (Å²) in [6, 6.07) is 0.521. The van der Waals surface area contributed by atoms with Crippen molar-refractivity contribution in [2.75, 3.05) is 33.7 Å². The topological polar surface area (TPSA) is 55.8 Å². The number of aliphatic hydroxyl groups is 1. The molecular formula is C14H27N3O2. The van der Waals surface area contributed by atoms with Crippen LogP contribution in [0.25, 0.3) is 0 Å². The van der Waals surface area contributed by atoms with Gasteiger partial charge in [-0.1, -0.05) is 0 Å². The first kappa shape index (κ1) is 14.8. The second-order valence-corrected chi connectivity index (χ2v) is 6.63. The van der Waals surface area contributed by atoms with Gasteiger partial charge >= 0.3 is 0 Å². The molecule has 1 aliphatic heterocycles. The van der Waals surface area contributed by atoms with E-state index in [1.165, 1.54) is 12.8 Å². The number of likely N-dealkylation sites (tertiary alicyclic amines) is 1. The van der Waals surface area contributed by atoms with E-state index in [1.807, 2.05) is 23.9 Å². The van der Waals surface area contributed by atoms with E-state index in [4.69, 9.17) is 0 Å². The molecule has 2 rings (SSSR count). The maximum atomic E-state index is 12.4. The van der Waals surface area contributed by atoms with Gasteiger partial charge in [0, 0.05) is 19.1 Å². The van der Waals surface area contributed by atoms with Crippen LogP contribution in [0.5, 0.6) is 0 Å². The Morgan fingerprint density at radius 2 is 2.11 bits per heavy atom. The smallest absolute Gasteiger partial charge is 0.239 e. The summed E-state index contributed by atoms with van der Waals surface area (Å²) in [7, 11) is 3.87. The molecule has 0 aromatic heterocycles. The number of nitrogens with zero attached hydrogens (tertiary/aromatic N) is 2. The summed E-state index contributed by atoms with van der Waals surface area (Å²) in [6.45, 7) is 3.56. The van der Waals surface area contributed by atoms with Crippen molar-refractivity contribution in [1.82, 2.24) is 15.1 Å². The summed E-state index contributed by atoms with van der Waals surface area (Å²) in [6.07, 6.45) is 4.35. The van der Waals surface area contributed by atoms with Crippen LogP contribution in [0, 0.1) is 0 Å². The third kappa shape index (κ3) is 4.44. The van der Waals surface area contributed by atoms with Crippen LogP contribution in [-0.2, 0) is 4.79 Å². The van der Waals surface area contributed by atoms with Gasteiger partial charge in [-0.25, -0.2) is 0 Å². The van der Waals surface area contributed by atoms with Gasteiger partial charge in [0.2, 0.25) is 5.91 Å². The fourth-order valence-electron chi connectivity index (χ4n) is 2.93. The third-order valence-corrected chi connectivity index (χ3v) is 3.73. The molecule has 0 radical (unpaired) electrons. The lowest BCUT2D eigenvalue weighted by Gasteiger charge is -2.38. The van der Waals surface area contributed by atoms with E-state index in [2.05, 4.69) is 5.32 Å². The van der Waals surface area contributed by atoms with Crippen molar-refractivity contribution in [2.24, 2.45) is 0 Å². The number of carbonyl (C=O) groups excluding carboxylic acids is 1. The molecule has 2 unspecified atom stereocenters. The van der Waals surface area contributed by atoms with Gasteiger partial charge in [0.15, 0.2) is 0 Å². The monoisotopic (exact) mass is 269 g/mol. The first-order chi connectivity index (χ1) is 8.87. The molecule has 1 saturated heterocycles. The molecule has 5 nitrogen and oxygen atoms in total. The quantitative estimate of drug-likeness (QED) is 0.715. The van der Waals surface area contributed by atoms with Crippen molar-refractivity contribution in [2.45, 2.75) is 50.3 Å². The molecule has 0 bridgehead atoms. The molecule has 2 fully saturated rings. The number of nitrogens with one attached hydrogen (secondary N) is 1. The van der Waals surface area contributed by atoms with Gasteiger partial charge in [0.1, 0.15) is 0 Å².